The Bertz CT molecular complexity index is 2250. The van der Waals surface area contributed by atoms with Crippen molar-refractivity contribution in [2.45, 2.75) is 142 Å². The van der Waals surface area contributed by atoms with Crippen LogP contribution < -0.4 is 43.0 Å². The van der Waals surface area contributed by atoms with E-state index in [1.165, 1.54) is 7.05 Å². The van der Waals surface area contributed by atoms with Crippen LogP contribution in [-0.2, 0) is 51.2 Å². The van der Waals surface area contributed by atoms with E-state index in [-0.39, 0.29) is 80.0 Å². The number of nitrogens with zero attached hydrogens (tertiary/aromatic N) is 2. The molecule has 9 amide bonds. The number of carbonyl (C=O) groups is 10. The molecule has 4 rings (SSSR count). The van der Waals surface area contributed by atoms with Crippen LogP contribution in [0.4, 0.5) is 21.0 Å². The number of nitrogens with one attached hydrogen (secondary N) is 7. The van der Waals surface area contributed by atoms with Crippen molar-refractivity contribution in [3.05, 3.63) is 59.7 Å². The first-order valence-corrected chi connectivity index (χ1v) is 25.5. The van der Waals surface area contributed by atoms with E-state index in [0.29, 0.717) is 55.2 Å². The number of anilines is 2. The number of unbranched alkanes of at least 4 members (excludes halogenated alkanes) is 1. The number of nitrogens with two attached hydrogens (primary N) is 1. The fraction of sp³-hybridized carbons (Fsp3) is 0.585. The monoisotopic (exact) mass is 1010 g/mol. The molecule has 2 heterocycles. The quantitative estimate of drug-likeness (QED) is 0.0543. The summed E-state index contributed by atoms with van der Waals surface area (Å²) in [5.74, 6) is -5.35. The highest BCUT2D eigenvalue weighted by Crippen LogP contribution is 2.28. The van der Waals surface area contributed by atoms with Crippen LogP contribution in [0.5, 0.6) is 0 Å². The topological polar surface area (TPSA) is 287 Å². The normalized spacial score (nSPS) is 17.7. The SMILES string of the molecule is CNC(=O)[C@@H](C)CC(=O)[C@@H]1CCCN1C(=O)[C@H](CCCCN(C)C(C)C)CC(=O)[C@H](CC(C)C)NC(=O)[C@H](CC(=O)[C@H](Cc1ccc(NC(=O)[C@@H]2CC(=O)NC(=O)N2)cc1)NC)Cc1ccc(NC(N)=O)cc1. The molecule has 9 N–H and O–H groups in total. The molecular weight excluding hydrogens is 937 g/mol. The number of carbonyl (C=O) groups excluding carboxylic acids is 10. The van der Waals surface area contributed by atoms with Gasteiger partial charge in [-0.1, -0.05) is 51.5 Å². The molecule has 2 aliphatic heterocycles. The lowest BCUT2D eigenvalue weighted by molar-refractivity contribution is -0.143. The van der Waals surface area contributed by atoms with Crippen molar-refractivity contribution in [2.24, 2.45) is 29.4 Å². The Kier molecular flexibility index (Phi) is 23.2. The van der Waals surface area contributed by atoms with Crippen molar-refractivity contribution in [3.8, 4) is 0 Å². The summed E-state index contributed by atoms with van der Waals surface area (Å²) in [6.07, 6.45) is 2.87. The van der Waals surface area contributed by atoms with Gasteiger partial charge in [0.25, 0.3) is 0 Å². The third kappa shape index (κ3) is 18.8. The molecule has 0 radical (unpaired) electrons. The zero-order valence-electron chi connectivity index (χ0n) is 43.8. The van der Waals surface area contributed by atoms with E-state index >= 15 is 0 Å². The molecule has 73 heavy (non-hydrogen) atoms. The Morgan fingerprint density at radius 2 is 1.37 bits per heavy atom. The summed E-state index contributed by atoms with van der Waals surface area (Å²) < 4.78 is 0. The van der Waals surface area contributed by atoms with Crippen LogP contribution in [-0.4, -0.2) is 133 Å². The molecule has 20 heteroatoms. The fourth-order valence-corrected chi connectivity index (χ4v) is 9.24. The van der Waals surface area contributed by atoms with Gasteiger partial charge in [-0.2, -0.15) is 0 Å². The highest BCUT2D eigenvalue weighted by atomic mass is 16.2. The minimum absolute atomic E-state index is 0.0169. The molecule has 0 unspecified atom stereocenters. The second-order valence-corrected chi connectivity index (χ2v) is 20.3. The fourth-order valence-electron chi connectivity index (χ4n) is 9.24. The number of hydrogen-bond donors (Lipinski definition) is 8. The minimum atomic E-state index is -1.04. The number of likely N-dealkylation sites (N-methyl/N-ethyl adjacent to an activating group) is 1. The largest absolute Gasteiger partial charge is 0.359 e. The summed E-state index contributed by atoms with van der Waals surface area (Å²) in [5, 5.41) is 18.3. The summed E-state index contributed by atoms with van der Waals surface area (Å²) in [4.78, 5) is 136. The molecule has 0 spiro atoms. The number of benzene rings is 2. The van der Waals surface area contributed by atoms with Crippen molar-refractivity contribution < 1.29 is 47.9 Å². The van der Waals surface area contributed by atoms with Gasteiger partial charge in [0, 0.05) is 68.0 Å². The zero-order chi connectivity index (χ0) is 53.9. The van der Waals surface area contributed by atoms with E-state index in [1.807, 2.05) is 20.9 Å². The maximum absolute atomic E-state index is 14.6. The first-order valence-electron chi connectivity index (χ1n) is 25.5. The second kappa shape index (κ2) is 28.6. The van der Waals surface area contributed by atoms with Gasteiger partial charge < -0.3 is 47.4 Å². The van der Waals surface area contributed by atoms with E-state index in [4.69, 9.17) is 5.73 Å². The molecule has 2 saturated heterocycles. The molecule has 0 aromatic heterocycles. The first-order chi connectivity index (χ1) is 34.6. The van der Waals surface area contributed by atoms with Crippen LogP contribution in [0.1, 0.15) is 110 Å². The maximum atomic E-state index is 14.6. The Labute approximate surface area is 429 Å². The minimum Gasteiger partial charge on any atom is -0.359 e. The molecular formula is C53H78N10O10. The van der Waals surface area contributed by atoms with Gasteiger partial charge >= 0.3 is 12.1 Å². The van der Waals surface area contributed by atoms with Gasteiger partial charge in [-0.15, -0.1) is 0 Å². The van der Waals surface area contributed by atoms with Crippen LogP contribution in [0.3, 0.4) is 0 Å². The van der Waals surface area contributed by atoms with Crippen LogP contribution in [0.15, 0.2) is 48.5 Å². The lowest BCUT2D eigenvalue weighted by Gasteiger charge is -2.30. The molecule has 2 fully saturated rings. The molecule has 400 valence electrons. The van der Waals surface area contributed by atoms with Crippen LogP contribution in [0.2, 0.25) is 0 Å². The number of likely N-dealkylation sites (tertiary alicyclic amines) is 1. The van der Waals surface area contributed by atoms with E-state index < -0.39 is 71.7 Å². The lowest BCUT2D eigenvalue weighted by Crippen LogP contribution is -2.56. The van der Waals surface area contributed by atoms with Crippen molar-refractivity contribution in [1.29, 1.82) is 0 Å². The molecule has 7 atom stereocenters. The van der Waals surface area contributed by atoms with Gasteiger partial charge in [0.15, 0.2) is 17.3 Å². The number of ketones is 3. The van der Waals surface area contributed by atoms with Gasteiger partial charge in [-0.05, 0) is 121 Å². The van der Waals surface area contributed by atoms with E-state index in [0.717, 1.165) is 18.5 Å². The smallest absolute Gasteiger partial charge is 0.322 e. The summed E-state index contributed by atoms with van der Waals surface area (Å²) in [7, 11) is 5.18. The summed E-state index contributed by atoms with van der Waals surface area (Å²) in [5.41, 5.74) is 7.57. The number of rotatable bonds is 29. The Hall–Kier alpha value is -6.54. The van der Waals surface area contributed by atoms with Gasteiger partial charge in [-0.3, -0.25) is 43.7 Å². The molecule has 2 aliphatic rings. The number of imide groups is 1. The zero-order valence-corrected chi connectivity index (χ0v) is 43.8. The summed E-state index contributed by atoms with van der Waals surface area (Å²) in [6, 6.07) is 8.75. The number of hydrogen-bond acceptors (Lipinski definition) is 12. The summed E-state index contributed by atoms with van der Waals surface area (Å²) >= 11 is 0. The maximum Gasteiger partial charge on any atom is 0.322 e. The molecule has 0 aliphatic carbocycles. The molecule has 2 aromatic carbocycles. The highest BCUT2D eigenvalue weighted by molar-refractivity contribution is 6.06. The Morgan fingerprint density at radius 3 is 1.95 bits per heavy atom. The predicted molar refractivity (Wildman–Crippen MR) is 277 cm³/mol. The summed E-state index contributed by atoms with van der Waals surface area (Å²) in [6.45, 7) is 10.9. The van der Waals surface area contributed by atoms with E-state index in [2.05, 4.69) is 56.0 Å². The van der Waals surface area contributed by atoms with Crippen molar-refractivity contribution in [2.75, 3.05) is 44.9 Å². The second-order valence-electron chi connectivity index (χ2n) is 20.3. The van der Waals surface area contributed by atoms with Gasteiger partial charge in [0.05, 0.1) is 24.5 Å². The van der Waals surface area contributed by atoms with E-state index in [1.54, 1.807) is 67.4 Å². The Balaban J connectivity index is 1.56. The molecule has 20 nitrogen and oxygen atoms in total. The molecule has 2 aromatic rings. The van der Waals surface area contributed by atoms with Gasteiger partial charge in [0.2, 0.25) is 29.5 Å². The highest BCUT2D eigenvalue weighted by Gasteiger charge is 2.39. The lowest BCUT2D eigenvalue weighted by atomic mass is 9.87. The average Bonchev–Trinajstić information content (AvgIpc) is 3.84. The predicted octanol–water partition coefficient (Wildman–Crippen LogP) is 3.61. The van der Waals surface area contributed by atoms with Crippen LogP contribution >= 0.6 is 0 Å². The standard InChI is InChI=1S/C53H78N10O10/c1-31(2)24-41(45(65)28-36(12-9-10-22-62(8)32(3)4)51(71)63-23-11-13-43(63)46(66)25-33(5)48(68)56-7)59-49(69)37(26-34-14-20-39(21-15-34)58-52(54)72)29-44(64)40(55-6)27-35-16-18-38(19-17-35)57-50(70)42-30-47(67)61-53(73)60-42/h14-21,31-33,36-37,40-43,55H,9-13,22-30H2,1-8H3,(H,56,68)(H,57,70)(H,59,69)(H3,54,58,72)(H2,60,61,67,73)/t33-,36+,37-,40-,41-,42-,43-/m0/s1. The van der Waals surface area contributed by atoms with Crippen molar-refractivity contribution in [3.63, 3.8) is 0 Å². The van der Waals surface area contributed by atoms with Crippen molar-refractivity contribution >= 4 is 70.3 Å². The van der Waals surface area contributed by atoms with Gasteiger partial charge in [-0.25, -0.2) is 9.59 Å². The number of primary amides is 1. The van der Waals surface area contributed by atoms with Crippen LogP contribution in [0.25, 0.3) is 0 Å². The Morgan fingerprint density at radius 1 is 0.767 bits per heavy atom. The average molecular weight is 1020 g/mol. The first kappa shape index (κ1) is 59.0. The number of urea groups is 2. The van der Waals surface area contributed by atoms with Crippen LogP contribution in [0, 0.1) is 23.7 Å². The molecule has 0 saturated carbocycles. The third-order valence-electron chi connectivity index (χ3n) is 13.7. The van der Waals surface area contributed by atoms with Crippen molar-refractivity contribution in [1.82, 2.24) is 36.4 Å². The van der Waals surface area contributed by atoms with E-state index in [9.17, 15) is 47.9 Å². The third-order valence-corrected chi connectivity index (χ3v) is 13.7. The number of Topliss-reactive ketones (excluding diaryl/α,β-unsaturated/α-hetero) is 3. The number of amides is 9. The van der Waals surface area contributed by atoms with Gasteiger partial charge in [0.1, 0.15) is 6.04 Å². The molecule has 0 bridgehead atoms.